The van der Waals surface area contributed by atoms with E-state index in [-0.39, 0.29) is 6.42 Å². The van der Waals surface area contributed by atoms with E-state index in [0.29, 0.717) is 0 Å². The van der Waals surface area contributed by atoms with Crippen molar-refractivity contribution in [3.8, 4) is 0 Å². The summed E-state index contributed by atoms with van der Waals surface area (Å²) < 4.78 is 24.0. The molecule has 1 aliphatic carbocycles. The Morgan fingerprint density at radius 3 is 1.70 bits per heavy atom. The maximum absolute atomic E-state index is 12.0. The number of rotatable bonds is 1. The van der Waals surface area contributed by atoms with Gasteiger partial charge in [0.2, 0.25) is 0 Å². The van der Waals surface area contributed by atoms with E-state index >= 15 is 0 Å². The molecule has 0 aromatic heterocycles. The van der Waals surface area contributed by atoms with Gasteiger partial charge in [-0.05, 0) is 0 Å². The monoisotopic (exact) mass is 152 g/mol. The summed E-state index contributed by atoms with van der Waals surface area (Å²) in [5.74, 6) is -2.60. The normalized spacial score (nSPS) is 34.2. The molecule has 0 amide bonds. The van der Waals surface area contributed by atoms with Gasteiger partial charge in [-0.15, -0.1) is 0 Å². The van der Waals surface area contributed by atoms with Crippen molar-refractivity contribution in [2.24, 2.45) is 5.41 Å². The number of halogens is 2. The van der Waals surface area contributed by atoms with Crippen LogP contribution in [0.1, 0.15) is 27.2 Å². The minimum Gasteiger partial charge on any atom is -0.396 e. The lowest BCUT2D eigenvalue weighted by Gasteiger charge is -2.01. The second-order valence-electron chi connectivity index (χ2n) is 2.60. The summed E-state index contributed by atoms with van der Waals surface area (Å²) in [4.78, 5) is 0. The van der Waals surface area contributed by atoms with Gasteiger partial charge in [0.15, 0.2) is 0 Å². The molecule has 0 aromatic rings. The molecule has 1 fully saturated rings. The van der Waals surface area contributed by atoms with Gasteiger partial charge < -0.3 is 5.11 Å². The highest BCUT2D eigenvalue weighted by molar-refractivity contribution is 5.06. The molecule has 1 atom stereocenters. The summed E-state index contributed by atoms with van der Waals surface area (Å²) in [7, 11) is 0. The standard InChI is InChI=1S/C5H8F2O.C2H6/c1-4(3-8)2-5(4,6)7;1-2/h8H,2-3H2,1H3;1-2H3. The fourth-order valence-corrected chi connectivity index (χ4v) is 0.617. The summed E-state index contributed by atoms with van der Waals surface area (Å²) in [6.45, 7) is 4.98. The zero-order valence-electron chi connectivity index (χ0n) is 6.62. The van der Waals surface area contributed by atoms with Gasteiger partial charge in [-0.25, -0.2) is 8.78 Å². The molecule has 1 N–H and O–H groups in total. The predicted octanol–water partition coefficient (Wildman–Crippen LogP) is 2.05. The van der Waals surface area contributed by atoms with E-state index in [4.69, 9.17) is 5.11 Å². The molecular formula is C7H14F2O. The third-order valence-electron chi connectivity index (χ3n) is 1.72. The van der Waals surface area contributed by atoms with Gasteiger partial charge in [0.25, 0.3) is 5.92 Å². The van der Waals surface area contributed by atoms with Crippen molar-refractivity contribution in [3.63, 3.8) is 0 Å². The molecule has 1 nitrogen and oxygen atoms in total. The van der Waals surface area contributed by atoms with Crippen molar-refractivity contribution in [3.05, 3.63) is 0 Å². The minimum absolute atomic E-state index is 0.156. The Bertz CT molecular complexity index is 114. The van der Waals surface area contributed by atoms with Crippen molar-refractivity contribution >= 4 is 0 Å². The zero-order chi connectivity index (χ0) is 8.41. The van der Waals surface area contributed by atoms with Crippen molar-refractivity contribution in [1.29, 1.82) is 0 Å². The minimum atomic E-state index is -2.60. The molecule has 0 saturated heterocycles. The molecule has 1 rings (SSSR count). The molecule has 0 aliphatic heterocycles. The fourth-order valence-electron chi connectivity index (χ4n) is 0.617. The van der Waals surface area contributed by atoms with E-state index in [9.17, 15) is 8.78 Å². The molecule has 1 aliphatic rings. The quantitative estimate of drug-likeness (QED) is 0.609. The van der Waals surface area contributed by atoms with Crippen LogP contribution in [0.15, 0.2) is 0 Å². The van der Waals surface area contributed by atoms with Crippen molar-refractivity contribution in [2.75, 3.05) is 6.61 Å². The zero-order valence-corrected chi connectivity index (χ0v) is 6.62. The first kappa shape index (κ1) is 9.82. The SMILES string of the molecule is CC.CC1(CO)CC1(F)F. The Kier molecular flexibility index (Phi) is 2.77. The Morgan fingerprint density at radius 1 is 1.40 bits per heavy atom. The summed E-state index contributed by atoms with van der Waals surface area (Å²) in [6.07, 6.45) is -0.156. The molecule has 0 radical (unpaired) electrons. The highest BCUT2D eigenvalue weighted by Gasteiger charge is 2.67. The summed E-state index contributed by atoms with van der Waals surface area (Å²) in [6, 6.07) is 0. The van der Waals surface area contributed by atoms with Crippen LogP contribution in [0.2, 0.25) is 0 Å². The second-order valence-corrected chi connectivity index (χ2v) is 2.60. The van der Waals surface area contributed by atoms with E-state index in [0.717, 1.165) is 0 Å². The van der Waals surface area contributed by atoms with Crippen molar-refractivity contribution in [1.82, 2.24) is 0 Å². The number of aliphatic hydroxyl groups excluding tert-OH is 1. The first-order valence-corrected chi connectivity index (χ1v) is 3.50. The van der Waals surface area contributed by atoms with Crippen molar-refractivity contribution in [2.45, 2.75) is 33.1 Å². The van der Waals surface area contributed by atoms with Crippen LogP contribution in [-0.2, 0) is 0 Å². The molecule has 1 saturated carbocycles. The molecule has 62 valence electrons. The van der Waals surface area contributed by atoms with Gasteiger partial charge in [-0.2, -0.15) is 0 Å². The first-order chi connectivity index (χ1) is 4.52. The van der Waals surface area contributed by atoms with E-state index in [2.05, 4.69) is 0 Å². The highest BCUT2D eigenvalue weighted by Crippen LogP contribution is 2.59. The van der Waals surface area contributed by atoms with Gasteiger partial charge in [-0.1, -0.05) is 20.8 Å². The van der Waals surface area contributed by atoms with E-state index in [1.165, 1.54) is 6.92 Å². The van der Waals surface area contributed by atoms with Gasteiger partial charge in [0.05, 0.1) is 12.0 Å². The van der Waals surface area contributed by atoms with Crippen LogP contribution in [0.5, 0.6) is 0 Å². The van der Waals surface area contributed by atoms with Gasteiger partial charge >= 0.3 is 0 Å². The van der Waals surface area contributed by atoms with Gasteiger partial charge in [0, 0.05) is 6.42 Å². The molecule has 0 aromatic carbocycles. The largest absolute Gasteiger partial charge is 0.396 e. The Balaban J connectivity index is 0.000000371. The number of hydrogen-bond donors (Lipinski definition) is 1. The average molecular weight is 152 g/mol. The number of hydrogen-bond acceptors (Lipinski definition) is 1. The number of aliphatic hydroxyl groups is 1. The predicted molar refractivity (Wildman–Crippen MR) is 36.1 cm³/mol. The molecular weight excluding hydrogens is 138 g/mol. The average Bonchev–Trinajstić information content (AvgIpc) is 2.39. The van der Waals surface area contributed by atoms with Crippen LogP contribution >= 0.6 is 0 Å². The van der Waals surface area contributed by atoms with Crippen LogP contribution in [0.3, 0.4) is 0 Å². The smallest absolute Gasteiger partial charge is 0.256 e. The van der Waals surface area contributed by atoms with Gasteiger partial charge in [-0.3, -0.25) is 0 Å². The summed E-state index contributed by atoms with van der Waals surface area (Å²) >= 11 is 0. The van der Waals surface area contributed by atoms with Crippen LogP contribution in [0.25, 0.3) is 0 Å². The molecule has 10 heavy (non-hydrogen) atoms. The molecule has 3 heteroatoms. The lowest BCUT2D eigenvalue weighted by molar-refractivity contribution is 0.0449. The number of alkyl halides is 2. The topological polar surface area (TPSA) is 20.2 Å². The Labute approximate surface area is 60.1 Å². The third kappa shape index (κ3) is 1.45. The van der Waals surface area contributed by atoms with E-state index in [1.54, 1.807) is 0 Å². The maximum atomic E-state index is 12.0. The highest BCUT2D eigenvalue weighted by atomic mass is 19.3. The van der Waals surface area contributed by atoms with E-state index in [1.807, 2.05) is 13.8 Å². The van der Waals surface area contributed by atoms with Crippen LogP contribution in [0.4, 0.5) is 8.78 Å². The summed E-state index contributed by atoms with van der Waals surface area (Å²) in [5.41, 5.74) is -1.09. The lowest BCUT2D eigenvalue weighted by atomic mass is 10.2. The third-order valence-corrected chi connectivity index (χ3v) is 1.72. The molecule has 0 bridgehead atoms. The Morgan fingerprint density at radius 2 is 1.70 bits per heavy atom. The van der Waals surface area contributed by atoms with E-state index < -0.39 is 17.9 Å². The Hall–Kier alpha value is -0.180. The fraction of sp³-hybridized carbons (Fsp3) is 1.00. The summed E-state index contributed by atoms with van der Waals surface area (Å²) in [5, 5.41) is 8.32. The molecule has 1 unspecified atom stereocenters. The lowest BCUT2D eigenvalue weighted by Crippen LogP contribution is -2.10. The van der Waals surface area contributed by atoms with Crippen LogP contribution < -0.4 is 0 Å². The molecule has 0 heterocycles. The first-order valence-electron chi connectivity index (χ1n) is 3.50. The van der Waals surface area contributed by atoms with Crippen LogP contribution in [-0.4, -0.2) is 17.6 Å². The second kappa shape index (κ2) is 2.82. The maximum Gasteiger partial charge on any atom is 0.256 e. The van der Waals surface area contributed by atoms with Crippen molar-refractivity contribution < 1.29 is 13.9 Å². The van der Waals surface area contributed by atoms with Crippen LogP contribution in [0, 0.1) is 5.41 Å². The molecule has 0 spiro atoms. The van der Waals surface area contributed by atoms with Gasteiger partial charge in [0.1, 0.15) is 0 Å².